The van der Waals surface area contributed by atoms with E-state index in [9.17, 15) is 4.79 Å². The summed E-state index contributed by atoms with van der Waals surface area (Å²) < 4.78 is 9.94. The maximum atomic E-state index is 11.5. The summed E-state index contributed by atoms with van der Waals surface area (Å²) in [4.78, 5) is 11.5. The lowest BCUT2D eigenvalue weighted by Gasteiger charge is -2.25. The molecule has 1 atom stereocenters. The van der Waals surface area contributed by atoms with Crippen molar-refractivity contribution in [1.29, 1.82) is 0 Å². The molecule has 0 heterocycles. The third-order valence-electron chi connectivity index (χ3n) is 2.71. The summed E-state index contributed by atoms with van der Waals surface area (Å²) in [5.41, 5.74) is 0.198. The summed E-state index contributed by atoms with van der Waals surface area (Å²) in [6, 6.07) is 0. The van der Waals surface area contributed by atoms with Crippen molar-refractivity contribution in [2.75, 3.05) is 13.4 Å². The molecular formula is C12H24O3. The van der Waals surface area contributed by atoms with Crippen LogP contribution in [-0.2, 0) is 14.3 Å². The van der Waals surface area contributed by atoms with Gasteiger partial charge in [-0.3, -0.25) is 4.79 Å². The Hall–Kier alpha value is -0.570. The Bertz CT molecular complexity index is 187. The molecule has 15 heavy (non-hydrogen) atoms. The lowest BCUT2D eigenvalue weighted by atomic mass is 9.81. The summed E-state index contributed by atoms with van der Waals surface area (Å²) >= 11 is 0. The zero-order valence-corrected chi connectivity index (χ0v) is 10.6. The molecule has 3 heteroatoms. The van der Waals surface area contributed by atoms with E-state index >= 15 is 0 Å². The molecule has 0 N–H and O–H groups in total. The number of ether oxygens (including phenoxy) is 2. The molecule has 0 bridgehead atoms. The van der Waals surface area contributed by atoms with Gasteiger partial charge in [0, 0.05) is 6.61 Å². The molecule has 0 aromatic carbocycles. The van der Waals surface area contributed by atoms with Gasteiger partial charge < -0.3 is 9.47 Å². The Balaban J connectivity index is 3.88. The van der Waals surface area contributed by atoms with Crippen LogP contribution < -0.4 is 0 Å². The standard InChI is InChI=1S/C12H24O3/c1-6-12(4,5)8-10(3)11(13)15-9-14-7-2/h10H,6-9H2,1-5H3. The summed E-state index contributed by atoms with van der Waals surface area (Å²) in [6.45, 7) is 10.9. The molecule has 0 aromatic rings. The molecule has 0 fully saturated rings. The number of carbonyl (C=O) groups is 1. The van der Waals surface area contributed by atoms with Crippen LogP contribution >= 0.6 is 0 Å². The second kappa shape index (κ2) is 6.83. The van der Waals surface area contributed by atoms with Gasteiger partial charge in [-0.05, 0) is 18.8 Å². The lowest BCUT2D eigenvalue weighted by molar-refractivity contribution is -0.161. The molecule has 0 amide bonds. The van der Waals surface area contributed by atoms with E-state index in [4.69, 9.17) is 9.47 Å². The van der Waals surface area contributed by atoms with Gasteiger partial charge in [0.15, 0.2) is 6.79 Å². The number of carbonyl (C=O) groups excluding carboxylic acids is 1. The van der Waals surface area contributed by atoms with Crippen LogP contribution in [0.15, 0.2) is 0 Å². The van der Waals surface area contributed by atoms with E-state index in [1.807, 2.05) is 13.8 Å². The fourth-order valence-corrected chi connectivity index (χ4v) is 1.38. The third-order valence-corrected chi connectivity index (χ3v) is 2.71. The normalized spacial score (nSPS) is 13.7. The molecule has 3 nitrogen and oxygen atoms in total. The van der Waals surface area contributed by atoms with Crippen molar-refractivity contribution in [2.24, 2.45) is 11.3 Å². The summed E-state index contributed by atoms with van der Waals surface area (Å²) in [6.07, 6.45) is 1.92. The van der Waals surface area contributed by atoms with Gasteiger partial charge in [-0.1, -0.05) is 34.1 Å². The van der Waals surface area contributed by atoms with E-state index in [2.05, 4.69) is 20.8 Å². The van der Waals surface area contributed by atoms with E-state index in [0.717, 1.165) is 12.8 Å². The van der Waals surface area contributed by atoms with Crippen LogP contribution in [0.1, 0.15) is 47.5 Å². The van der Waals surface area contributed by atoms with E-state index in [1.165, 1.54) is 0 Å². The summed E-state index contributed by atoms with van der Waals surface area (Å²) in [5.74, 6) is -0.217. The van der Waals surface area contributed by atoms with Crippen LogP contribution in [0.25, 0.3) is 0 Å². The van der Waals surface area contributed by atoms with Gasteiger partial charge in [-0.15, -0.1) is 0 Å². The first-order valence-corrected chi connectivity index (χ1v) is 5.67. The number of esters is 1. The number of rotatable bonds is 7. The second-order valence-corrected chi connectivity index (χ2v) is 4.70. The van der Waals surface area contributed by atoms with Crippen LogP contribution in [-0.4, -0.2) is 19.4 Å². The van der Waals surface area contributed by atoms with Crippen LogP contribution in [0.4, 0.5) is 0 Å². The quantitative estimate of drug-likeness (QED) is 0.373. The Labute approximate surface area is 93.1 Å². The number of hydrogen-bond acceptors (Lipinski definition) is 3. The molecule has 1 unspecified atom stereocenters. The minimum absolute atomic E-state index is 0.0552. The summed E-state index contributed by atoms with van der Waals surface area (Å²) in [5, 5.41) is 0. The largest absolute Gasteiger partial charge is 0.438 e. The molecule has 0 saturated carbocycles. The predicted octanol–water partition coefficient (Wildman–Crippen LogP) is 2.99. The molecule has 0 spiro atoms. The van der Waals surface area contributed by atoms with Crippen LogP contribution in [0.2, 0.25) is 0 Å². The second-order valence-electron chi connectivity index (χ2n) is 4.70. The molecular weight excluding hydrogens is 192 g/mol. The molecule has 0 saturated heterocycles. The minimum atomic E-state index is -0.162. The van der Waals surface area contributed by atoms with Gasteiger partial charge in [-0.25, -0.2) is 0 Å². The Kier molecular flexibility index (Phi) is 6.57. The molecule has 0 radical (unpaired) electrons. The zero-order valence-electron chi connectivity index (χ0n) is 10.6. The monoisotopic (exact) mass is 216 g/mol. The fourth-order valence-electron chi connectivity index (χ4n) is 1.38. The fraction of sp³-hybridized carbons (Fsp3) is 0.917. The highest BCUT2D eigenvalue weighted by molar-refractivity contribution is 5.71. The van der Waals surface area contributed by atoms with Gasteiger partial charge >= 0.3 is 5.97 Å². The van der Waals surface area contributed by atoms with E-state index in [0.29, 0.717) is 6.61 Å². The molecule has 0 aliphatic carbocycles. The van der Waals surface area contributed by atoms with Crippen molar-refractivity contribution < 1.29 is 14.3 Å². The van der Waals surface area contributed by atoms with Crippen molar-refractivity contribution in [3.05, 3.63) is 0 Å². The van der Waals surface area contributed by atoms with Crippen LogP contribution in [0, 0.1) is 11.3 Å². The SMILES string of the molecule is CCOCOC(=O)C(C)CC(C)(C)CC. The maximum Gasteiger partial charge on any atom is 0.310 e. The highest BCUT2D eigenvalue weighted by Gasteiger charge is 2.24. The first-order chi connectivity index (χ1) is 6.93. The first kappa shape index (κ1) is 14.4. The average Bonchev–Trinajstić information content (AvgIpc) is 2.17. The van der Waals surface area contributed by atoms with Crippen molar-refractivity contribution in [3.8, 4) is 0 Å². The lowest BCUT2D eigenvalue weighted by Crippen LogP contribution is -2.23. The van der Waals surface area contributed by atoms with E-state index in [-0.39, 0.29) is 24.1 Å². The maximum absolute atomic E-state index is 11.5. The topological polar surface area (TPSA) is 35.5 Å². The first-order valence-electron chi connectivity index (χ1n) is 5.67. The minimum Gasteiger partial charge on any atom is -0.438 e. The molecule has 0 rings (SSSR count). The molecule has 90 valence electrons. The smallest absolute Gasteiger partial charge is 0.310 e. The molecule has 0 aliphatic rings. The highest BCUT2D eigenvalue weighted by atomic mass is 16.7. The van der Waals surface area contributed by atoms with Gasteiger partial charge in [0.2, 0.25) is 0 Å². The van der Waals surface area contributed by atoms with E-state index in [1.54, 1.807) is 0 Å². The molecule has 0 aromatic heterocycles. The van der Waals surface area contributed by atoms with Crippen LogP contribution in [0.3, 0.4) is 0 Å². The summed E-state index contributed by atoms with van der Waals surface area (Å²) in [7, 11) is 0. The van der Waals surface area contributed by atoms with Crippen molar-refractivity contribution in [3.63, 3.8) is 0 Å². The van der Waals surface area contributed by atoms with Crippen LogP contribution in [0.5, 0.6) is 0 Å². The Morgan fingerprint density at radius 3 is 2.40 bits per heavy atom. The zero-order chi connectivity index (χ0) is 11.9. The molecule has 0 aliphatic heterocycles. The average molecular weight is 216 g/mol. The predicted molar refractivity (Wildman–Crippen MR) is 60.4 cm³/mol. The van der Waals surface area contributed by atoms with Crippen molar-refractivity contribution in [2.45, 2.75) is 47.5 Å². The highest BCUT2D eigenvalue weighted by Crippen LogP contribution is 2.29. The van der Waals surface area contributed by atoms with E-state index < -0.39 is 0 Å². The third kappa shape index (κ3) is 6.50. The Morgan fingerprint density at radius 2 is 1.93 bits per heavy atom. The van der Waals surface area contributed by atoms with Crippen molar-refractivity contribution in [1.82, 2.24) is 0 Å². The van der Waals surface area contributed by atoms with Gasteiger partial charge in [0.25, 0.3) is 0 Å². The van der Waals surface area contributed by atoms with Crippen molar-refractivity contribution >= 4 is 5.97 Å². The van der Waals surface area contributed by atoms with Gasteiger partial charge in [0.1, 0.15) is 0 Å². The van der Waals surface area contributed by atoms with Gasteiger partial charge in [-0.2, -0.15) is 0 Å². The number of hydrogen-bond donors (Lipinski definition) is 0. The van der Waals surface area contributed by atoms with Gasteiger partial charge in [0.05, 0.1) is 5.92 Å². The Morgan fingerprint density at radius 1 is 1.33 bits per heavy atom.